The first kappa shape index (κ1) is 17.0. The molecule has 1 aliphatic carbocycles. The van der Waals surface area contributed by atoms with Crippen LogP contribution in [0.5, 0.6) is 0 Å². The van der Waals surface area contributed by atoms with Crippen LogP contribution >= 0.6 is 0 Å². The number of hydrogen-bond acceptors (Lipinski definition) is 3. The van der Waals surface area contributed by atoms with E-state index in [1.807, 2.05) is 12.1 Å². The molecule has 23 heavy (non-hydrogen) atoms. The number of carbonyl (C=O) groups excluding carboxylic acids is 2. The summed E-state index contributed by atoms with van der Waals surface area (Å²) in [6, 6.07) is 4.62. The molecule has 2 rings (SSSR count). The van der Waals surface area contributed by atoms with Gasteiger partial charge in [-0.3, -0.25) is 9.59 Å². The van der Waals surface area contributed by atoms with Gasteiger partial charge in [0, 0.05) is 25.6 Å². The second-order valence-electron chi connectivity index (χ2n) is 5.83. The highest BCUT2D eigenvalue weighted by Gasteiger charge is 2.27. The van der Waals surface area contributed by atoms with Crippen LogP contribution in [0, 0.1) is 0 Å². The minimum Gasteiger partial charge on any atom is -0.480 e. The maximum absolute atomic E-state index is 12.7. The Bertz CT molecular complexity index is 627. The first-order valence-electron chi connectivity index (χ1n) is 7.80. The summed E-state index contributed by atoms with van der Waals surface area (Å²) in [7, 11) is 0. The van der Waals surface area contributed by atoms with Crippen LogP contribution in [0.15, 0.2) is 18.2 Å². The molecule has 1 unspecified atom stereocenters. The Balaban J connectivity index is 2.17. The van der Waals surface area contributed by atoms with E-state index in [1.165, 1.54) is 29.9 Å². The highest BCUT2D eigenvalue weighted by atomic mass is 16.4. The van der Waals surface area contributed by atoms with Crippen LogP contribution in [0.25, 0.3) is 0 Å². The summed E-state index contributed by atoms with van der Waals surface area (Å²) in [6.07, 6.45) is 3.07. The second kappa shape index (κ2) is 7.26. The molecule has 0 saturated heterocycles. The summed E-state index contributed by atoms with van der Waals surface area (Å²) in [5.41, 5.74) is 2.93. The van der Waals surface area contributed by atoms with Crippen molar-refractivity contribution < 1.29 is 19.5 Å². The van der Waals surface area contributed by atoms with E-state index in [0.29, 0.717) is 5.56 Å². The lowest BCUT2D eigenvalue weighted by Gasteiger charge is -2.27. The topological polar surface area (TPSA) is 86.7 Å². The average molecular weight is 318 g/mol. The predicted octanol–water partition coefficient (Wildman–Crippen LogP) is 1.23. The van der Waals surface area contributed by atoms with E-state index in [9.17, 15) is 19.5 Å². The molecule has 1 atom stereocenters. The quantitative estimate of drug-likeness (QED) is 0.826. The van der Waals surface area contributed by atoms with Gasteiger partial charge >= 0.3 is 5.97 Å². The van der Waals surface area contributed by atoms with Crippen molar-refractivity contribution in [2.75, 3.05) is 13.1 Å². The minimum absolute atomic E-state index is 0.156. The van der Waals surface area contributed by atoms with E-state index < -0.39 is 12.0 Å². The molecule has 1 aromatic carbocycles. The lowest BCUT2D eigenvalue weighted by Crippen LogP contribution is -2.46. The summed E-state index contributed by atoms with van der Waals surface area (Å²) in [4.78, 5) is 36.2. The Labute approximate surface area is 135 Å². The van der Waals surface area contributed by atoms with Gasteiger partial charge in [-0.25, -0.2) is 4.79 Å². The third-order valence-corrected chi connectivity index (χ3v) is 4.16. The molecule has 0 radical (unpaired) electrons. The van der Waals surface area contributed by atoms with Crippen molar-refractivity contribution in [3.8, 4) is 0 Å². The molecule has 1 aliphatic rings. The number of nitrogens with zero attached hydrogens (tertiary/aromatic N) is 1. The molecular formula is C17H22N2O4. The fourth-order valence-corrected chi connectivity index (χ4v) is 2.83. The van der Waals surface area contributed by atoms with Crippen molar-refractivity contribution in [1.29, 1.82) is 0 Å². The van der Waals surface area contributed by atoms with E-state index >= 15 is 0 Å². The minimum atomic E-state index is -1.07. The maximum atomic E-state index is 12.7. The number of nitrogens with one attached hydrogen (secondary N) is 1. The highest BCUT2D eigenvalue weighted by molar-refractivity contribution is 5.96. The number of aryl methyl sites for hydroxylation is 2. The summed E-state index contributed by atoms with van der Waals surface area (Å²) in [5, 5.41) is 11.8. The molecule has 6 nitrogen and oxygen atoms in total. The normalized spacial score (nSPS) is 14.0. The third kappa shape index (κ3) is 4.09. The molecule has 2 amide bonds. The van der Waals surface area contributed by atoms with Crippen LogP contribution in [-0.2, 0) is 22.4 Å². The zero-order valence-corrected chi connectivity index (χ0v) is 13.5. The van der Waals surface area contributed by atoms with Gasteiger partial charge in [-0.15, -0.1) is 0 Å². The van der Waals surface area contributed by atoms with Crippen LogP contribution < -0.4 is 5.32 Å². The average Bonchev–Trinajstić information content (AvgIpc) is 2.97. The number of hydrogen-bond donors (Lipinski definition) is 2. The van der Waals surface area contributed by atoms with Crippen molar-refractivity contribution >= 4 is 17.8 Å². The van der Waals surface area contributed by atoms with Gasteiger partial charge in [-0.2, -0.15) is 0 Å². The Hall–Kier alpha value is -2.37. The standard InChI is InChI=1S/C17H22N2O4/c1-11(17(22)23)19(9-8-18-12(2)20)16(21)15-7-6-13-4-3-5-14(13)10-15/h6-7,10-11H,3-5,8-9H2,1-2H3,(H,18,20)(H,22,23). The van der Waals surface area contributed by atoms with Gasteiger partial charge in [-0.05, 0) is 49.4 Å². The van der Waals surface area contributed by atoms with Crippen LogP contribution in [0.2, 0.25) is 0 Å². The molecule has 2 N–H and O–H groups in total. The molecule has 0 heterocycles. The number of carboxylic acids is 1. The molecule has 124 valence electrons. The van der Waals surface area contributed by atoms with Crippen molar-refractivity contribution in [3.63, 3.8) is 0 Å². The largest absolute Gasteiger partial charge is 0.480 e. The summed E-state index contributed by atoms with van der Waals surface area (Å²) >= 11 is 0. The van der Waals surface area contributed by atoms with Crippen molar-refractivity contribution in [1.82, 2.24) is 10.2 Å². The van der Waals surface area contributed by atoms with Crippen molar-refractivity contribution in [2.24, 2.45) is 0 Å². The zero-order valence-electron chi connectivity index (χ0n) is 13.5. The van der Waals surface area contributed by atoms with Gasteiger partial charge in [-0.1, -0.05) is 6.07 Å². The Morgan fingerprint density at radius 1 is 1.26 bits per heavy atom. The van der Waals surface area contributed by atoms with Gasteiger partial charge in [0.25, 0.3) is 5.91 Å². The third-order valence-electron chi connectivity index (χ3n) is 4.16. The first-order valence-corrected chi connectivity index (χ1v) is 7.80. The fourth-order valence-electron chi connectivity index (χ4n) is 2.83. The van der Waals surface area contributed by atoms with E-state index in [2.05, 4.69) is 5.32 Å². The van der Waals surface area contributed by atoms with Crippen LogP contribution in [-0.4, -0.2) is 46.9 Å². The van der Waals surface area contributed by atoms with Crippen molar-refractivity contribution in [3.05, 3.63) is 34.9 Å². The van der Waals surface area contributed by atoms with Gasteiger partial charge in [0.1, 0.15) is 6.04 Å². The lowest BCUT2D eigenvalue weighted by atomic mass is 10.0. The summed E-state index contributed by atoms with van der Waals surface area (Å²) in [6.45, 7) is 3.24. The van der Waals surface area contributed by atoms with E-state index in [4.69, 9.17) is 0 Å². The zero-order chi connectivity index (χ0) is 17.0. The summed E-state index contributed by atoms with van der Waals surface area (Å²) in [5.74, 6) is -1.60. The van der Waals surface area contributed by atoms with Crippen LogP contribution in [0.1, 0.15) is 41.8 Å². The van der Waals surface area contributed by atoms with Crippen LogP contribution in [0.3, 0.4) is 0 Å². The molecule has 0 bridgehead atoms. The SMILES string of the molecule is CC(=O)NCCN(C(=O)c1ccc2c(c1)CCC2)C(C)C(=O)O. The summed E-state index contributed by atoms with van der Waals surface area (Å²) < 4.78 is 0. The number of fused-ring (bicyclic) bond motifs is 1. The Morgan fingerprint density at radius 2 is 1.96 bits per heavy atom. The number of amides is 2. The monoisotopic (exact) mass is 318 g/mol. The highest BCUT2D eigenvalue weighted by Crippen LogP contribution is 2.23. The molecule has 1 aromatic rings. The Morgan fingerprint density at radius 3 is 2.61 bits per heavy atom. The fraction of sp³-hybridized carbons (Fsp3) is 0.471. The number of carboxylic acid groups (broad SMARTS) is 1. The molecule has 0 aliphatic heterocycles. The van der Waals surface area contributed by atoms with E-state index in [-0.39, 0.29) is 24.9 Å². The van der Waals surface area contributed by atoms with Crippen LogP contribution in [0.4, 0.5) is 0 Å². The van der Waals surface area contributed by atoms with Gasteiger partial charge in [0.15, 0.2) is 0 Å². The number of aliphatic carboxylic acids is 1. The van der Waals surface area contributed by atoms with E-state index in [1.54, 1.807) is 6.07 Å². The molecular weight excluding hydrogens is 296 g/mol. The molecule has 0 saturated carbocycles. The smallest absolute Gasteiger partial charge is 0.326 e. The molecule has 6 heteroatoms. The lowest BCUT2D eigenvalue weighted by molar-refractivity contribution is -0.141. The molecule has 0 aromatic heterocycles. The number of carbonyl (C=O) groups is 3. The predicted molar refractivity (Wildman–Crippen MR) is 85.3 cm³/mol. The second-order valence-corrected chi connectivity index (χ2v) is 5.83. The van der Waals surface area contributed by atoms with E-state index in [0.717, 1.165) is 19.3 Å². The molecule has 0 fully saturated rings. The number of benzene rings is 1. The van der Waals surface area contributed by atoms with Gasteiger partial charge in [0.05, 0.1) is 0 Å². The first-order chi connectivity index (χ1) is 10.9. The maximum Gasteiger partial charge on any atom is 0.326 e. The molecule has 0 spiro atoms. The Kier molecular flexibility index (Phi) is 5.36. The number of rotatable bonds is 6. The van der Waals surface area contributed by atoms with Gasteiger partial charge in [0.2, 0.25) is 5.91 Å². The van der Waals surface area contributed by atoms with Crippen molar-refractivity contribution in [2.45, 2.75) is 39.2 Å². The van der Waals surface area contributed by atoms with Gasteiger partial charge < -0.3 is 15.3 Å².